The Bertz CT molecular complexity index is 311. The molecular formula is C11H19N3S. The van der Waals surface area contributed by atoms with Gasteiger partial charge in [-0.2, -0.15) is 0 Å². The summed E-state index contributed by atoms with van der Waals surface area (Å²) in [6.45, 7) is 5.56. The Labute approximate surface area is 95.5 Å². The average molecular weight is 225 g/mol. The molecule has 2 heterocycles. The van der Waals surface area contributed by atoms with Crippen molar-refractivity contribution in [3.05, 3.63) is 16.1 Å². The number of nitrogens with zero attached hydrogens (tertiary/aromatic N) is 2. The van der Waals surface area contributed by atoms with Gasteiger partial charge in [0.2, 0.25) is 0 Å². The van der Waals surface area contributed by atoms with E-state index in [1.54, 1.807) is 0 Å². The normalized spacial score (nSPS) is 22.4. The highest BCUT2D eigenvalue weighted by atomic mass is 32.1. The maximum Gasteiger partial charge on any atom is 0.110 e. The van der Waals surface area contributed by atoms with E-state index in [0.717, 1.165) is 13.1 Å². The van der Waals surface area contributed by atoms with Crippen molar-refractivity contribution in [2.75, 3.05) is 20.1 Å². The zero-order chi connectivity index (χ0) is 10.7. The fourth-order valence-electron chi connectivity index (χ4n) is 2.22. The minimum absolute atomic E-state index is 0.589. The van der Waals surface area contributed by atoms with Crippen LogP contribution in [0.1, 0.15) is 35.7 Å². The quantitative estimate of drug-likeness (QED) is 0.849. The van der Waals surface area contributed by atoms with E-state index < -0.39 is 0 Å². The van der Waals surface area contributed by atoms with Gasteiger partial charge >= 0.3 is 0 Å². The molecule has 1 fully saturated rings. The summed E-state index contributed by atoms with van der Waals surface area (Å²) in [6, 6.07) is 0.589. The van der Waals surface area contributed by atoms with Gasteiger partial charge in [0.15, 0.2) is 0 Å². The van der Waals surface area contributed by atoms with Crippen LogP contribution in [0.5, 0.6) is 0 Å². The van der Waals surface area contributed by atoms with Gasteiger partial charge in [0.05, 0.1) is 6.04 Å². The Morgan fingerprint density at radius 1 is 1.67 bits per heavy atom. The number of thiazole rings is 1. The summed E-state index contributed by atoms with van der Waals surface area (Å²) in [6.07, 6.45) is 4.61. The molecule has 0 aromatic carbocycles. The molecule has 0 amide bonds. The molecule has 4 heteroatoms. The molecule has 0 aliphatic carbocycles. The monoisotopic (exact) mass is 225 g/mol. The van der Waals surface area contributed by atoms with Crippen LogP contribution in [0, 0.1) is 0 Å². The van der Waals surface area contributed by atoms with Crippen LogP contribution >= 0.6 is 11.3 Å². The first-order valence-corrected chi connectivity index (χ1v) is 6.50. The lowest BCUT2D eigenvalue weighted by atomic mass is 10.2. The van der Waals surface area contributed by atoms with Crippen molar-refractivity contribution in [1.82, 2.24) is 15.2 Å². The van der Waals surface area contributed by atoms with Crippen LogP contribution in [0.3, 0.4) is 0 Å². The molecular weight excluding hydrogens is 206 g/mol. The Balaban J connectivity index is 2.07. The number of hydrogen-bond acceptors (Lipinski definition) is 4. The molecule has 3 nitrogen and oxygen atoms in total. The van der Waals surface area contributed by atoms with Gasteiger partial charge in [-0.25, -0.2) is 4.98 Å². The van der Waals surface area contributed by atoms with Gasteiger partial charge < -0.3 is 5.32 Å². The maximum absolute atomic E-state index is 4.55. The molecule has 1 atom stereocenters. The van der Waals surface area contributed by atoms with Crippen LogP contribution in [0.2, 0.25) is 0 Å². The number of hydrogen-bond donors (Lipinski definition) is 1. The summed E-state index contributed by atoms with van der Waals surface area (Å²) in [5.41, 5.74) is 0. The summed E-state index contributed by atoms with van der Waals surface area (Å²) in [5.74, 6) is 0. The van der Waals surface area contributed by atoms with Crippen molar-refractivity contribution < 1.29 is 0 Å². The largest absolute Gasteiger partial charge is 0.315 e. The molecule has 15 heavy (non-hydrogen) atoms. The summed E-state index contributed by atoms with van der Waals surface area (Å²) < 4.78 is 0. The third kappa shape index (κ3) is 2.38. The summed E-state index contributed by atoms with van der Waals surface area (Å²) in [5, 5.41) is 4.48. The fraction of sp³-hybridized carbons (Fsp3) is 0.727. The summed E-state index contributed by atoms with van der Waals surface area (Å²) >= 11 is 1.86. The minimum atomic E-state index is 0.589. The first-order chi connectivity index (χ1) is 7.35. The van der Waals surface area contributed by atoms with Gasteiger partial charge in [-0.3, -0.25) is 4.90 Å². The van der Waals surface area contributed by atoms with E-state index in [9.17, 15) is 0 Å². The second-order valence-corrected chi connectivity index (χ2v) is 5.13. The predicted molar refractivity (Wildman–Crippen MR) is 64.1 cm³/mol. The third-order valence-electron chi connectivity index (χ3n) is 2.98. The number of likely N-dealkylation sites (tertiary alicyclic amines) is 1. The highest BCUT2D eigenvalue weighted by Crippen LogP contribution is 2.33. The van der Waals surface area contributed by atoms with E-state index in [4.69, 9.17) is 0 Å². The molecule has 1 unspecified atom stereocenters. The van der Waals surface area contributed by atoms with Crippen molar-refractivity contribution >= 4 is 11.3 Å². The Hall–Kier alpha value is -0.450. The molecule has 1 aliphatic rings. The molecule has 0 spiro atoms. The second kappa shape index (κ2) is 5.05. The summed E-state index contributed by atoms with van der Waals surface area (Å²) in [4.78, 5) is 8.42. The zero-order valence-corrected chi connectivity index (χ0v) is 10.3. The van der Waals surface area contributed by atoms with Crippen molar-refractivity contribution in [3.63, 3.8) is 0 Å². The molecule has 84 valence electrons. The third-order valence-corrected chi connectivity index (χ3v) is 4.08. The predicted octanol–water partition coefficient (Wildman–Crippen LogP) is 2.02. The van der Waals surface area contributed by atoms with E-state index in [1.165, 1.54) is 29.3 Å². The number of rotatable bonds is 4. The van der Waals surface area contributed by atoms with E-state index in [1.807, 2.05) is 24.6 Å². The molecule has 1 aromatic rings. The smallest absolute Gasteiger partial charge is 0.110 e. The SMILES string of the molecule is CCN1CCCC1c1ncc(CNC)s1. The van der Waals surface area contributed by atoms with Crippen LogP contribution < -0.4 is 5.32 Å². The first kappa shape index (κ1) is 11.0. The molecule has 0 radical (unpaired) electrons. The van der Waals surface area contributed by atoms with Crippen molar-refractivity contribution in [3.8, 4) is 0 Å². The standard InChI is InChI=1S/C11H19N3S/c1-3-14-6-4-5-10(14)11-13-8-9(15-11)7-12-2/h8,10,12H,3-7H2,1-2H3. The van der Waals surface area contributed by atoms with Gasteiger partial charge in [-0.15, -0.1) is 11.3 Å². The van der Waals surface area contributed by atoms with Crippen LogP contribution in [0.15, 0.2) is 6.20 Å². The van der Waals surface area contributed by atoms with Crippen LogP contribution in [0.25, 0.3) is 0 Å². The highest BCUT2D eigenvalue weighted by Gasteiger charge is 2.26. The lowest BCUT2D eigenvalue weighted by Crippen LogP contribution is -2.22. The maximum atomic E-state index is 4.55. The molecule has 1 aromatic heterocycles. The van der Waals surface area contributed by atoms with Crippen LogP contribution in [-0.4, -0.2) is 30.0 Å². The van der Waals surface area contributed by atoms with E-state index in [2.05, 4.69) is 22.1 Å². The molecule has 0 saturated carbocycles. The first-order valence-electron chi connectivity index (χ1n) is 5.68. The molecule has 0 bridgehead atoms. The summed E-state index contributed by atoms with van der Waals surface area (Å²) in [7, 11) is 1.98. The van der Waals surface area contributed by atoms with E-state index in [0.29, 0.717) is 6.04 Å². The van der Waals surface area contributed by atoms with Crippen molar-refractivity contribution in [2.24, 2.45) is 0 Å². The van der Waals surface area contributed by atoms with Gasteiger partial charge in [0, 0.05) is 17.6 Å². The number of nitrogens with one attached hydrogen (secondary N) is 1. The highest BCUT2D eigenvalue weighted by molar-refractivity contribution is 7.11. The molecule has 2 rings (SSSR count). The average Bonchev–Trinajstić information content (AvgIpc) is 2.84. The lowest BCUT2D eigenvalue weighted by molar-refractivity contribution is 0.271. The Morgan fingerprint density at radius 2 is 2.53 bits per heavy atom. The van der Waals surface area contributed by atoms with Gasteiger partial charge in [-0.05, 0) is 33.0 Å². The molecule has 1 saturated heterocycles. The second-order valence-electron chi connectivity index (χ2n) is 3.98. The Kier molecular flexibility index (Phi) is 3.72. The topological polar surface area (TPSA) is 28.2 Å². The minimum Gasteiger partial charge on any atom is -0.315 e. The van der Waals surface area contributed by atoms with Crippen molar-refractivity contribution in [1.29, 1.82) is 0 Å². The van der Waals surface area contributed by atoms with Crippen LogP contribution in [-0.2, 0) is 6.54 Å². The van der Waals surface area contributed by atoms with Gasteiger partial charge in [0.25, 0.3) is 0 Å². The van der Waals surface area contributed by atoms with Gasteiger partial charge in [-0.1, -0.05) is 6.92 Å². The molecule has 1 aliphatic heterocycles. The van der Waals surface area contributed by atoms with E-state index >= 15 is 0 Å². The lowest BCUT2D eigenvalue weighted by Gasteiger charge is -2.20. The van der Waals surface area contributed by atoms with Crippen molar-refractivity contribution in [2.45, 2.75) is 32.4 Å². The van der Waals surface area contributed by atoms with Crippen LogP contribution in [0.4, 0.5) is 0 Å². The van der Waals surface area contributed by atoms with E-state index in [-0.39, 0.29) is 0 Å². The Morgan fingerprint density at radius 3 is 3.27 bits per heavy atom. The van der Waals surface area contributed by atoms with Gasteiger partial charge in [0.1, 0.15) is 5.01 Å². The fourth-order valence-corrected chi connectivity index (χ4v) is 3.32. The molecule has 1 N–H and O–H groups in total. The zero-order valence-electron chi connectivity index (χ0n) is 9.49. The number of aromatic nitrogens is 1.